The second-order valence-electron chi connectivity index (χ2n) is 4.30. The summed E-state index contributed by atoms with van der Waals surface area (Å²) in [5.41, 5.74) is 2.92. The molecule has 1 atom stereocenters. The van der Waals surface area contributed by atoms with Crippen molar-refractivity contribution in [3.63, 3.8) is 0 Å². The largest absolute Gasteiger partial charge is 0.287 e. The van der Waals surface area contributed by atoms with Crippen LogP contribution in [0.2, 0.25) is 0 Å². The van der Waals surface area contributed by atoms with Gasteiger partial charge in [0.1, 0.15) is 6.20 Å². The topological polar surface area (TPSA) is 56.0 Å². The normalized spacial score (nSPS) is 12.1. The highest BCUT2D eigenvalue weighted by atomic mass is 79.9. The van der Waals surface area contributed by atoms with Gasteiger partial charge >= 0.3 is 0 Å². The Morgan fingerprint density at radius 1 is 1.37 bits per heavy atom. The molecule has 98 valence electrons. The van der Waals surface area contributed by atoms with Crippen molar-refractivity contribution in [3.8, 4) is 0 Å². The first-order chi connectivity index (χ1) is 9.08. The fourth-order valence-electron chi connectivity index (χ4n) is 1.85. The average molecular weight is 321 g/mol. The predicted octanol–water partition coefficient (Wildman–Crippen LogP) is 3.98. The first-order valence-electron chi connectivity index (χ1n) is 5.87. The van der Waals surface area contributed by atoms with Crippen LogP contribution in [-0.2, 0) is 6.42 Å². The van der Waals surface area contributed by atoms with E-state index < -0.39 is 4.92 Å². The van der Waals surface area contributed by atoms with Gasteiger partial charge in [-0.2, -0.15) is 0 Å². The molecule has 0 bridgehead atoms. The molecule has 1 unspecified atom stereocenters. The Balaban J connectivity index is 2.18. The molecule has 19 heavy (non-hydrogen) atoms. The summed E-state index contributed by atoms with van der Waals surface area (Å²) in [5, 5.41) is 10.7. The Bertz CT molecular complexity index is 587. The Hall–Kier alpha value is -1.75. The molecule has 2 rings (SSSR count). The fraction of sp³-hybridized carbons (Fsp3) is 0.214. The standard InChI is InChI=1S/C14H13BrN2O2/c1-10-7-12(17(18)19)9-16-14(10)8-13(15)11-5-3-2-4-6-11/h2-7,9,13H,8H2,1H3. The molecule has 0 N–H and O–H groups in total. The van der Waals surface area contributed by atoms with Gasteiger partial charge in [0.2, 0.25) is 0 Å². The summed E-state index contributed by atoms with van der Waals surface area (Å²) >= 11 is 3.63. The van der Waals surface area contributed by atoms with Crippen LogP contribution in [0.1, 0.15) is 21.6 Å². The summed E-state index contributed by atoms with van der Waals surface area (Å²) in [7, 11) is 0. The van der Waals surface area contributed by atoms with Crippen molar-refractivity contribution in [2.45, 2.75) is 18.2 Å². The van der Waals surface area contributed by atoms with E-state index in [2.05, 4.69) is 20.9 Å². The van der Waals surface area contributed by atoms with Crippen molar-refractivity contribution in [1.29, 1.82) is 0 Å². The molecule has 0 saturated carbocycles. The lowest BCUT2D eigenvalue weighted by atomic mass is 10.1. The van der Waals surface area contributed by atoms with Gasteiger partial charge < -0.3 is 0 Å². The van der Waals surface area contributed by atoms with E-state index in [9.17, 15) is 10.1 Å². The van der Waals surface area contributed by atoms with E-state index in [0.29, 0.717) is 6.42 Å². The number of aryl methyl sites for hydroxylation is 1. The molecule has 1 heterocycles. The molecule has 0 spiro atoms. The van der Waals surface area contributed by atoms with Crippen molar-refractivity contribution in [2.24, 2.45) is 0 Å². The fourth-order valence-corrected chi connectivity index (χ4v) is 2.46. The lowest BCUT2D eigenvalue weighted by Crippen LogP contribution is -2.01. The molecule has 0 aliphatic heterocycles. The number of benzene rings is 1. The second kappa shape index (κ2) is 5.93. The minimum Gasteiger partial charge on any atom is -0.258 e. The van der Waals surface area contributed by atoms with Crippen LogP contribution in [0.5, 0.6) is 0 Å². The van der Waals surface area contributed by atoms with E-state index in [-0.39, 0.29) is 10.5 Å². The van der Waals surface area contributed by atoms with Crippen LogP contribution in [0, 0.1) is 17.0 Å². The Morgan fingerprint density at radius 3 is 2.63 bits per heavy atom. The molecule has 0 saturated heterocycles. The summed E-state index contributed by atoms with van der Waals surface area (Å²) in [6, 6.07) is 11.6. The molecule has 2 aromatic rings. The summed E-state index contributed by atoms with van der Waals surface area (Å²) in [4.78, 5) is 14.6. The number of aromatic nitrogens is 1. The summed E-state index contributed by atoms with van der Waals surface area (Å²) in [6.45, 7) is 1.85. The van der Waals surface area contributed by atoms with E-state index in [1.165, 1.54) is 11.8 Å². The van der Waals surface area contributed by atoms with Gasteiger partial charge in [-0.1, -0.05) is 46.3 Å². The number of nitrogens with zero attached hydrogens (tertiary/aromatic N) is 2. The van der Waals surface area contributed by atoms with Gasteiger partial charge in [0.05, 0.1) is 4.92 Å². The van der Waals surface area contributed by atoms with E-state index in [1.807, 2.05) is 37.3 Å². The average Bonchev–Trinajstić information content (AvgIpc) is 2.41. The van der Waals surface area contributed by atoms with Gasteiger partial charge in [0.25, 0.3) is 5.69 Å². The molecule has 4 nitrogen and oxygen atoms in total. The van der Waals surface area contributed by atoms with Gasteiger partial charge in [0.15, 0.2) is 0 Å². The van der Waals surface area contributed by atoms with E-state index >= 15 is 0 Å². The van der Waals surface area contributed by atoms with Crippen molar-refractivity contribution < 1.29 is 4.92 Å². The maximum absolute atomic E-state index is 10.7. The molecular formula is C14H13BrN2O2. The molecule has 0 fully saturated rings. The highest BCUT2D eigenvalue weighted by Gasteiger charge is 2.14. The van der Waals surface area contributed by atoms with Crippen molar-refractivity contribution >= 4 is 21.6 Å². The van der Waals surface area contributed by atoms with Crippen LogP contribution in [0.25, 0.3) is 0 Å². The Morgan fingerprint density at radius 2 is 2.05 bits per heavy atom. The number of halogens is 1. The third-order valence-electron chi connectivity index (χ3n) is 2.92. The van der Waals surface area contributed by atoms with Gasteiger partial charge in [-0.15, -0.1) is 0 Å². The molecule has 1 aromatic carbocycles. The zero-order valence-electron chi connectivity index (χ0n) is 10.4. The third kappa shape index (κ3) is 3.38. The molecule has 1 aromatic heterocycles. The van der Waals surface area contributed by atoms with Gasteiger partial charge in [-0.25, -0.2) is 0 Å². The van der Waals surface area contributed by atoms with Crippen LogP contribution < -0.4 is 0 Å². The van der Waals surface area contributed by atoms with Crippen molar-refractivity contribution in [2.75, 3.05) is 0 Å². The number of pyridine rings is 1. The highest BCUT2D eigenvalue weighted by Crippen LogP contribution is 2.27. The van der Waals surface area contributed by atoms with E-state index in [0.717, 1.165) is 11.3 Å². The van der Waals surface area contributed by atoms with Crippen LogP contribution in [0.4, 0.5) is 5.69 Å². The smallest absolute Gasteiger partial charge is 0.258 e. The highest BCUT2D eigenvalue weighted by molar-refractivity contribution is 9.09. The molecule has 0 aliphatic carbocycles. The molecular weight excluding hydrogens is 308 g/mol. The van der Waals surface area contributed by atoms with Crippen LogP contribution in [-0.4, -0.2) is 9.91 Å². The minimum absolute atomic E-state index is 0.0343. The maximum Gasteiger partial charge on any atom is 0.287 e. The summed E-state index contributed by atoms with van der Waals surface area (Å²) in [6.07, 6.45) is 2.01. The zero-order chi connectivity index (χ0) is 13.8. The maximum atomic E-state index is 10.7. The summed E-state index contributed by atoms with van der Waals surface area (Å²) in [5.74, 6) is 0. The lowest BCUT2D eigenvalue weighted by Gasteiger charge is -2.11. The van der Waals surface area contributed by atoms with Crippen molar-refractivity contribution in [3.05, 3.63) is 69.5 Å². The van der Waals surface area contributed by atoms with Crippen molar-refractivity contribution in [1.82, 2.24) is 4.98 Å². The number of alkyl halides is 1. The number of hydrogen-bond donors (Lipinski definition) is 0. The van der Waals surface area contributed by atoms with Crippen LogP contribution >= 0.6 is 15.9 Å². The molecule has 5 heteroatoms. The Kier molecular flexibility index (Phi) is 4.27. The monoisotopic (exact) mass is 320 g/mol. The van der Waals surface area contributed by atoms with Crippen LogP contribution in [0.3, 0.4) is 0 Å². The first kappa shape index (κ1) is 13.7. The summed E-state index contributed by atoms with van der Waals surface area (Å²) < 4.78 is 0. The number of rotatable bonds is 4. The SMILES string of the molecule is Cc1cc([N+](=O)[O-])cnc1CC(Br)c1ccccc1. The number of nitro groups is 1. The molecule has 0 aliphatic rings. The lowest BCUT2D eigenvalue weighted by molar-refractivity contribution is -0.385. The van der Waals surface area contributed by atoms with E-state index in [4.69, 9.17) is 0 Å². The zero-order valence-corrected chi connectivity index (χ0v) is 12.0. The van der Waals surface area contributed by atoms with Gasteiger partial charge in [-0.3, -0.25) is 15.1 Å². The van der Waals surface area contributed by atoms with Gasteiger partial charge in [-0.05, 0) is 18.1 Å². The third-order valence-corrected chi connectivity index (χ3v) is 3.77. The second-order valence-corrected chi connectivity index (χ2v) is 5.40. The van der Waals surface area contributed by atoms with E-state index in [1.54, 1.807) is 6.07 Å². The molecule has 0 radical (unpaired) electrons. The molecule has 0 amide bonds. The van der Waals surface area contributed by atoms with Crippen LogP contribution in [0.15, 0.2) is 42.6 Å². The quantitative estimate of drug-likeness (QED) is 0.486. The first-order valence-corrected chi connectivity index (χ1v) is 6.78. The van der Waals surface area contributed by atoms with Gasteiger partial charge in [0, 0.05) is 23.0 Å². The Labute approximate surface area is 119 Å². The predicted molar refractivity (Wildman–Crippen MR) is 77.4 cm³/mol. The minimum atomic E-state index is -0.424. The number of hydrogen-bond acceptors (Lipinski definition) is 3.